The molecule has 1 aliphatic carbocycles. The molecule has 5 nitrogen and oxygen atoms in total. The van der Waals surface area contributed by atoms with Gasteiger partial charge in [0.2, 0.25) is 0 Å². The fraction of sp³-hybridized carbons (Fsp3) is 0.556. The molecule has 0 aromatic carbocycles. The van der Waals surface area contributed by atoms with Crippen molar-refractivity contribution in [1.82, 2.24) is 19.6 Å². The van der Waals surface area contributed by atoms with Crippen LogP contribution in [0.3, 0.4) is 0 Å². The van der Waals surface area contributed by atoms with E-state index in [-0.39, 0.29) is 5.37 Å². The van der Waals surface area contributed by atoms with Gasteiger partial charge in [0.1, 0.15) is 11.7 Å². The number of hydrogen-bond acceptors (Lipinski definition) is 6. The monoisotopic (exact) mass is 371 g/mol. The van der Waals surface area contributed by atoms with Gasteiger partial charge in [-0.05, 0) is 43.9 Å². The first-order valence-electron chi connectivity index (χ1n) is 9.05. The summed E-state index contributed by atoms with van der Waals surface area (Å²) in [4.78, 5) is 11.2. The number of rotatable bonds is 4. The number of hydrogen-bond donors (Lipinski definition) is 0. The second-order valence-electron chi connectivity index (χ2n) is 6.86. The lowest BCUT2D eigenvalue weighted by molar-refractivity contribution is 0.692. The molecule has 3 aliphatic rings. The lowest BCUT2D eigenvalue weighted by Gasteiger charge is -2.26. The van der Waals surface area contributed by atoms with Crippen LogP contribution in [0.25, 0.3) is 5.65 Å². The molecule has 4 heterocycles. The van der Waals surface area contributed by atoms with Crippen LogP contribution in [0.4, 0.5) is 0 Å². The van der Waals surface area contributed by atoms with Crippen molar-refractivity contribution in [3.05, 3.63) is 23.2 Å². The Morgan fingerprint density at radius 2 is 2.24 bits per heavy atom. The summed E-state index contributed by atoms with van der Waals surface area (Å²) in [5.41, 5.74) is 6.66. The molecule has 7 heteroatoms. The minimum atomic E-state index is 0.242. The van der Waals surface area contributed by atoms with Gasteiger partial charge in [0.25, 0.3) is 0 Å². The minimum absolute atomic E-state index is 0.242. The molecule has 0 unspecified atom stereocenters. The van der Waals surface area contributed by atoms with Crippen molar-refractivity contribution in [3.8, 4) is 0 Å². The highest BCUT2D eigenvalue weighted by Gasteiger charge is 2.44. The van der Waals surface area contributed by atoms with Gasteiger partial charge in [-0.1, -0.05) is 42.4 Å². The Balaban J connectivity index is 1.62. The quantitative estimate of drug-likeness (QED) is 0.741. The molecule has 0 saturated heterocycles. The molecule has 130 valence electrons. The van der Waals surface area contributed by atoms with Crippen LogP contribution in [-0.4, -0.2) is 36.9 Å². The van der Waals surface area contributed by atoms with Gasteiger partial charge in [-0.2, -0.15) is 0 Å². The molecule has 0 spiro atoms. The summed E-state index contributed by atoms with van der Waals surface area (Å²) in [6, 6.07) is 0. The zero-order valence-electron chi connectivity index (χ0n) is 14.5. The van der Waals surface area contributed by atoms with Gasteiger partial charge in [0.05, 0.1) is 16.5 Å². The lowest BCUT2D eigenvalue weighted by atomic mass is 9.87. The summed E-state index contributed by atoms with van der Waals surface area (Å²) in [6.45, 7) is 2.26. The van der Waals surface area contributed by atoms with Crippen molar-refractivity contribution in [3.63, 3.8) is 0 Å². The van der Waals surface area contributed by atoms with E-state index in [1.165, 1.54) is 48.4 Å². The number of aromatic nitrogens is 4. The van der Waals surface area contributed by atoms with E-state index in [9.17, 15) is 0 Å². The third-order valence-corrected chi connectivity index (χ3v) is 7.34. The van der Waals surface area contributed by atoms with Gasteiger partial charge in [0, 0.05) is 5.71 Å². The predicted octanol–water partition coefficient (Wildman–Crippen LogP) is 4.49. The first-order valence-corrected chi connectivity index (χ1v) is 11.2. The number of dihydropyridines is 1. The Morgan fingerprint density at radius 3 is 3.08 bits per heavy atom. The Morgan fingerprint density at radius 1 is 1.32 bits per heavy atom. The second-order valence-corrected chi connectivity index (χ2v) is 8.76. The Hall–Kier alpha value is -1.34. The van der Waals surface area contributed by atoms with E-state index in [2.05, 4.69) is 17.1 Å². The van der Waals surface area contributed by atoms with Crippen LogP contribution in [0.1, 0.15) is 57.1 Å². The molecule has 0 fully saturated rings. The summed E-state index contributed by atoms with van der Waals surface area (Å²) in [5, 5.41) is 9.88. The van der Waals surface area contributed by atoms with Gasteiger partial charge >= 0.3 is 0 Å². The molecular formula is C18H21N5S2. The molecule has 25 heavy (non-hydrogen) atoms. The zero-order chi connectivity index (χ0) is 17.0. The third-order valence-electron chi connectivity index (χ3n) is 5.45. The summed E-state index contributed by atoms with van der Waals surface area (Å²) < 4.78 is 2.01. The van der Waals surface area contributed by atoms with Crippen molar-refractivity contribution in [2.24, 2.45) is 4.99 Å². The fourth-order valence-corrected chi connectivity index (χ4v) is 6.14. The highest BCUT2D eigenvalue weighted by Crippen LogP contribution is 2.55. The summed E-state index contributed by atoms with van der Waals surface area (Å²) in [5.74, 6) is 0.349. The van der Waals surface area contributed by atoms with Gasteiger partial charge in [-0.15, -0.1) is 10.2 Å². The fourth-order valence-electron chi connectivity index (χ4n) is 4.30. The van der Waals surface area contributed by atoms with Crippen LogP contribution >= 0.6 is 23.5 Å². The first-order chi connectivity index (χ1) is 12.3. The standard InChI is InChI=1S/C18H21N5S2/c1-3-4-8-12-10-6-5-7-11(10)13-14-15(25-17(13)20-12)16-21-22-18(24-2)23(16)9-19-14/h9,13,17H,3-8H2,1-2H3/t13-,17+/m0/s1. The van der Waals surface area contributed by atoms with E-state index in [1.807, 2.05) is 28.7 Å². The van der Waals surface area contributed by atoms with Crippen LogP contribution in [0.5, 0.6) is 0 Å². The summed E-state index contributed by atoms with van der Waals surface area (Å²) in [7, 11) is 0. The SMILES string of the molecule is CCCCC1=N[C@@H]2Sc3c(ncn4c(SC)nnc34)[C@@H]2C2=C1CCC2. The number of unbranched alkanes of at least 4 members (excludes halogenated alkanes) is 1. The summed E-state index contributed by atoms with van der Waals surface area (Å²) in [6.07, 6.45) is 11.2. The average Bonchev–Trinajstić information content (AvgIpc) is 3.33. The smallest absolute Gasteiger partial charge is 0.196 e. The number of allylic oxidation sites excluding steroid dienone is 1. The molecule has 2 aromatic heterocycles. The number of fused-ring (bicyclic) bond motifs is 6. The number of thioether (sulfide) groups is 2. The zero-order valence-corrected chi connectivity index (χ0v) is 16.2. The maximum atomic E-state index is 5.19. The van der Waals surface area contributed by atoms with E-state index in [0.29, 0.717) is 5.92 Å². The van der Waals surface area contributed by atoms with Crippen LogP contribution in [0.2, 0.25) is 0 Å². The molecule has 2 aromatic rings. The first kappa shape index (κ1) is 15.9. The Kier molecular flexibility index (Phi) is 3.89. The van der Waals surface area contributed by atoms with Crippen molar-refractivity contribution in [2.75, 3.05) is 6.26 Å². The minimum Gasteiger partial charge on any atom is -0.274 e. The van der Waals surface area contributed by atoms with Crippen molar-refractivity contribution in [2.45, 2.75) is 66.8 Å². The van der Waals surface area contributed by atoms with E-state index >= 15 is 0 Å². The van der Waals surface area contributed by atoms with E-state index in [4.69, 9.17) is 9.98 Å². The largest absolute Gasteiger partial charge is 0.274 e. The maximum Gasteiger partial charge on any atom is 0.196 e. The maximum absolute atomic E-state index is 5.19. The van der Waals surface area contributed by atoms with Crippen molar-refractivity contribution < 1.29 is 0 Å². The highest BCUT2D eigenvalue weighted by atomic mass is 32.2. The van der Waals surface area contributed by atoms with Gasteiger partial charge in [-0.3, -0.25) is 9.39 Å². The Bertz CT molecular complexity index is 914. The van der Waals surface area contributed by atoms with Gasteiger partial charge in [-0.25, -0.2) is 4.98 Å². The Labute approximate surface area is 155 Å². The lowest BCUT2D eigenvalue weighted by Crippen LogP contribution is -2.21. The van der Waals surface area contributed by atoms with Crippen LogP contribution in [0.15, 0.2) is 32.5 Å². The topological polar surface area (TPSA) is 55.4 Å². The molecule has 2 aliphatic heterocycles. The van der Waals surface area contributed by atoms with E-state index in [0.717, 1.165) is 17.2 Å². The van der Waals surface area contributed by atoms with Crippen molar-refractivity contribution >= 4 is 34.9 Å². The molecular weight excluding hydrogens is 350 g/mol. The molecule has 0 amide bonds. The normalized spacial score (nSPS) is 24.5. The number of aliphatic imine (C=N–C) groups is 1. The molecule has 2 atom stereocenters. The van der Waals surface area contributed by atoms with Crippen LogP contribution in [-0.2, 0) is 0 Å². The van der Waals surface area contributed by atoms with Crippen LogP contribution < -0.4 is 0 Å². The third kappa shape index (κ3) is 2.31. The molecule has 0 saturated carbocycles. The van der Waals surface area contributed by atoms with E-state index in [1.54, 1.807) is 22.9 Å². The summed E-state index contributed by atoms with van der Waals surface area (Å²) >= 11 is 3.45. The molecule has 5 rings (SSSR count). The average molecular weight is 372 g/mol. The van der Waals surface area contributed by atoms with Gasteiger partial charge < -0.3 is 0 Å². The number of nitrogens with zero attached hydrogens (tertiary/aromatic N) is 5. The van der Waals surface area contributed by atoms with E-state index < -0.39 is 0 Å². The highest BCUT2D eigenvalue weighted by molar-refractivity contribution is 8.00. The molecule has 0 radical (unpaired) electrons. The molecule has 0 bridgehead atoms. The molecule has 0 N–H and O–H groups in total. The van der Waals surface area contributed by atoms with Crippen molar-refractivity contribution in [1.29, 1.82) is 0 Å². The second kappa shape index (κ2) is 6.13. The predicted molar refractivity (Wildman–Crippen MR) is 103 cm³/mol. The van der Waals surface area contributed by atoms with Gasteiger partial charge in [0.15, 0.2) is 10.8 Å². The van der Waals surface area contributed by atoms with Crippen LogP contribution in [0, 0.1) is 0 Å².